The Hall–Kier alpha value is -1.09. The molecular weight excluding hydrogens is 236 g/mol. The van der Waals surface area contributed by atoms with Gasteiger partial charge in [-0.25, -0.2) is 4.98 Å². The van der Waals surface area contributed by atoms with Gasteiger partial charge in [-0.2, -0.15) is 0 Å². The fraction of sp³-hybridized carbons (Fsp3) is 0.688. The summed E-state index contributed by atoms with van der Waals surface area (Å²) >= 11 is 0. The highest BCUT2D eigenvalue weighted by molar-refractivity contribution is 5.24. The van der Waals surface area contributed by atoms with Crippen LogP contribution in [0.1, 0.15) is 58.2 Å². The average molecular weight is 264 g/mol. The second-order valence-corrected chi connectivity index (χ2v) is 6.11. The number of hydrogen-bond acceptors (Lipinski definition) is 3. The topological polar surface area (TPSA) is 34.1 Å². The van der Waals surface area contributed by atoms with Gasteiger partial charge in [-0.15, -0.1) is 0 Å². The summed E-state index contributed by atoms with van der Waals surface area (Å²) in [4.78, 5) is 4.43. The average Bonchev–Trinajstić information content (AvgIpc) is 2.31. The Bertz CT molecular complexity index is 383. The predicted molar refractivity (Wildman–Crippen MR) is 80.6 cm³/mol. The number of hydrogen-bond donors (Lipinski definition) is 1. The molecule has 3 nitrogen and oxygen atoms in total. The molecule has 0 spiro atoms. The first-order valence-corrected chi connectivity index (χ1v) is 7.26. The van der Waals surface area contributed by atoms with Gasteiger partial charge in [0.1, 0.15) is 0 Å². The quantitative estimate of drug-likeness (QED) is 0.760. The number of ether oxygens (including phenoxy) is 1. The molecule has 0 unspecified atom stereocenters. The molecule has 0 bridgehead atoms. The fourth-order valence-corrected chi connectivity index (χ4v) is 1.78. The van der Waals surface area contributed by atoms with Crippen LogP contribution in [0.15, 0.2) is 12.1 Å². The van der Waals surface area contributed by atoms with E-state index in [1.54, 1.807) is 0 Å². The number of aryl methyl sites for hydroxylation is 1. The third-order valence-electron chi connectivity index (χ3n) is 2.81. The third kappa shape index (κ3) is 7.16. The first kappa shape index (κ1) is 16.0. The first-order valence-electron chi connectivity index (χ1n) is 7.26. The van der Waals surface area contributed by atoms with Crippen LogP contribution in [0, 0.1) is 6.92 Å². The molecule has 0 atom stereocenters. The Morgan fingerprint density at radius 1 is 1.21 bits per heavy atom. The monoisotopic (exact) mass is 264 g/mol. The Morgan fingerprint density at radius 2 is 1.95 bits per heavy atom. The Kier molecular flexibility index (Phi) is 6.29. The van der Waals surface area contributed by atoms with Crippen molar-refractivity contribution in [2.24, 2.45) is 0 Å². The van der Waals surface area contributed by atoms with Crippen LogP contribution in [-0.2, 0) is 6.54 Å². The normalized spacial score (nSPS) is 11.6. The van der Waals surface area contributed by atoms with Gasteiger partial charge in [0.25, 0.3) is 0 Å². The summed E-state index contributed by atoms with van der Waals surface area (Å²) in [7, 11) is 0. The molecule has 0 amide bonds. The molecular formula is C16H28N2O. The minimum atomic E-state index is 0.124. The smallest absolute Gasteiger partial charge is 0.213 e. The largest absolute Gasteiger partial charge is 0.478 e. The van der Waals surface area contributed by atoms with E-state index in [2.05, 4.69) is 44.1 Å². The number of aromatic nitrogens is 1. The van der Waals surface area contributed by atoms with Crippen molar-refractivity contribution in [1.29, 1.82) is 0 Å². The molecule has 1 N–H and O–H groups in total. The zero-order valence-electron chi connectivity index (χ0n) is 13.0. The van der Waals surface area contributed by atoms with Crippen molar-refractivity contribution in [3.8, 4) is 5.88 Å². The van der Waals surface area contributed by atoms with Gasteiger partial charge in [-0.3, -0.25) is 0 Å². The van der Waals surface area contributed by atoms with E-state index in [1.165, 1.54) is 18.4 Å². The van der Waals surface area contributed by atoms with E-state index in [-0.39, 0.29) is 5.54 Å². The zero-order valence-corrected chi connectivity index (χ0v) is 13.0. The van der Waals surface area contributed by atoms with Gasteiger partial charge in [0.2, 0.25) is 5.88 Å². The summed E-state index contributed by atoms with van der Waals surface area (Å²) in [6, 6.07) is 4.15. The summed E-state index contributed by atoms with van der Waals surface area (Å²) in [5.74, 6) is 0.752. The summed E-state index contributed by atoms with van der Waals surface area (Å²) in [5, 5.41) is 3.49. The van der Waals surface area contributed by atoms with Crippen LogP contribution < -0.4 is 10.1 Å². The van der Waals surface area contributed by atoms with Crippen LogP contribution >= 0.6 is 0 Å². The van der Waals surface area contributed by atoms with Crippen molar-refractivity contribution < 1.29 is 4.74 Å². The molecule has 0 saturated carbocycles. The molecule has 0 saturated heterocycles. The molecule has 1 aromatic rings. The molecule has 19 heavy (non-hydrogen) atoms. The molecule has 1 rings (SSSR count). The number of unbranched alkanes of at least 4 members (excludes halogenated alkanes) is 2. The number of nitrogens with zero attached hydrogens (tertiary/aromatic N) is 1. The lowest BCUT2D eigenvalue weighted by Gasteiger charge is -2.20. The van der Waals surface area contributed by atoms with Crippen molar-refractivity contribution in [2.45, 2.75) is 66.0 Å². The highest BCUT2D eigenvalue weighted by Crippen LogP contribution is 2.14. The highest BCUT2D eigenvalue weighted by Gasteiger charge is 2.09. The second-order valence-electron chi connectivity index (χ2n) is 6.11. The predicted octanol–water partition coefficient (Wildman–Crippen LogP) is 3.85. The maximum Gasteiger partial charge on any atom is 0.213 e. The molecule has 3 heteroatoms. The number of nitrogens with one attached hydrogen (secondary N) is 1. The van der Waals surface area contributed by atoms with Gasteiger partial charge >= 0.3 is 0 Å². The Labute approximate surface area is 117 Å². The standard InChI is InChI=1S/C16H28N2O/c1-6-7-8-9-19-15-11-14(10-13(2)18-15)12-17-16(3,4)5/h10-11,17H,6-9,12H2,1-5H3. The van der Waals surface area contributed by atoms with Crippen LogP contribution in [0.3, 0.4) is 0 Å². The molecule has 0 fully saturated rings. The van der Waals surface area contributed by atoms with E-state index in [9.17, 15) is 0 Å². The van der Waals surface area contributed by atoms with Crippen LogP contribution in [0.4, 0.5) is 0 Å². The molecule has 0 radical (unpaired) electrons. The lowest BCUT2D eigenvalue weighted by Crippen LogP contribution is -2.35. The van der Waals surface area contributed by atoms with Gasteiger partial charge in [0.05, 0.1) is 6.61 Å². The van der Waals surface area contributed by atoms with Crippen molar-refractivity contribution in [3.63, 3.8) is 0 Å². The third-order valence-corrected chi connectivity index (χ3v) is 2.81. The molecule has 1 heterocycles. The zero-order chi connectivity index (χ0) is 14.3. The summed E-state index contributed by atoms with van der Waals surface area (Å²) in [5.41, 5.74) is 2.37. The van der Waals surface area contributed by atoms with E-state index < -0.39 is 0 Å². The highest BCUT2D eigenvalue weighted by atomic mass is 16.5. The van der Waals surface area contributed by atoms with Gasteiger partial charge in [-0.1, -0.05) is 19.8 Å². The van der Waals surface area contributed by atoms with Gasteiger partial charge in [-0.05, 0) is 45.7 Å². The molecule has 108 valence electrons. The second kappa shape index (κ2) is 7.49. The molecule has 0 aliphatic rings. The van der Waals surface area contributed by atoms with Crippen LogP contribution in [0.2, 0.25) is 0 Å². The molecule has 1 aromatic heterocycles. The van der Waals surface area contributed by atoms with Gasteiger partial charge in [0.15, 0.2) is 0 Å². The lowest BCUT2D eigenvalue weighted by atomic mass is 10.1. The molecule has 0 aliphatic carbocycles. The fourth-order valence-electron chi connectivity index (χ4n) is 1.78. The minimum Gasteiger partial charge on any atom is -0.478 e. The summed E-state index contributed by atoms with van der Waals surface area (Å²) < 4.78 is 5.72. The molecule has 0 aliphatic heterocycles. The minimum absolute atomic E-state index is 0.124. The Morgan fingerprint density at radius 3 is 2.58 bits per heavy atom. The van der Waals surface area contributed by atoms with Crippen molar-refractivity contribution in [3.05, 3.63) is 23.4 Å². The van der Waals surface area contributed by atoms with Gasteiger partial charge in [0, 0.05) is 23.8 Å². The first-order chi connectivity index (χ1) is 8.90. The van der Waals surface area contributed by atoms with E-state index in [0.717, 1.165) is 31.1 Å². The summed E-state index contributed by atoms with van der Waals surface area (Å²) in [6.07, 6.45) is 3.53. The van der Waals surface area contributed by atoms with E-state index in [1.807, 2.05) is 13.0 Å². The van der Waals surface area contributed by atoms with E-state index in [4.69, 9.17) is 4.74 Å². The van der Waals surface area contributed by atoms with E-state index >= 15 is 0 Å². The van der Waals surface area contributed by atoms with Crippen molar-refractivity contribution >= 4 is 0 Å². The summed E-state index contributed by atoms with van der Waals surface area (Å²) in [6.45, 7) is 12.3. The maximum atomic E-state index is 5.72. The van der Waals surface area contributed by atoms with E-state index in [0.29, 0.717) is 0 Å². The van der Waals surface area contributed by atoms with Crippen molar-refractivity contribution in [2.75, 3.05) is 6.61 Å². The number of pyridine rings is 1. The van der Waals surface area contributed by atoms with Gasteiger partial charge < -0.3 is 10.1 Å². The number of rotatable bonds is 7. The Balaban J connectivity index is 2.56. The molecule has 0 aromatic carbocycles. The SMILES string of the molecule is CCCCCOc1cc(CNC(C)(C)C)cc(C)n1. The maximum absolute atomic E-state index is 5.72. The van der Waals surface area contributed by atoms with Crippen molar-refractivity contribution in [1.82, 2.24) is 10.3 Å². The van der Waals surface area contributed by atoms with Crippen LogP contribution in [-0.4, -0.2) is 17.1 Å². The van der Waals surface area contributed by atoms with Crippen LogP contribution in [0.25, 0.3) is 0 Å². The van der Waals surface area contributed by atoms with Crippen LogP contribution in [0.5, 0.6) is 5.88 Å². The lowest BCUT2D eigenvalue weighted by molar-refractivity contribution is 0.294.